The number of rotatable bonds is 5. The predicted octanol–water partition coefficient (Wildman–Crippen LogP) is 3.45. The van der Waals surface area contributed by atoms with Gasteiger partial charge in [-0.25, -0.2) is 8.42 Å². The standard InChI is InChI=1S/C22H27N3O4S2/c1-14-6-7-18(10-15(14)2)25-13-17(11-20(25)26)22(27)23-19-12-21(30-16(19)3)31(28,29)24-8-4-5-9-24/h6-7,10,12,17H,4-5,8-9,11,13H2,1-3H3,(H,23,27)/t17-/m0/s1. The van der Waals surface area contributed by atoms with E-state index in [1.807, 2.05) is 32.0 Å². The van der Waals surface area contributed by atoms with E-state index in [0.29, 0.717) is 25.3 Å². The van der Waals surface area contributed by atoms with Crippen LogP contribution in [-0.2, 0) is 19.6 Å². The SMILES string of the molecule is Cc1ccc(N2C[C@@H](C(=O)Nc3cc(S(=O)(=O)N4CCCC4)sc3C)CC2=O)cc1C. The summed E-state index contributed by atoms with van der Waals surface area (Å²) >= 11 is 1.17. The van der Waals surface area contributed by atoms with E-state index in [4.69, 9.17) is 0 Å². The minimum atomic E-state index is -3.52. The Hall–Kier alpha value is -2.23. The molecule has 0 spiro atoms. The van der Waals surface area contributed by atoms with Crippen LogP contribution in [0.25, 0.3) is 0 Å². The third-order valence-electron chi connectivity index (χ3n) is 6.11. The van der Waals surface area contributed by atoms with Crippen LogP contribution < -0.4 is 10.2 Å². The van der Waals surface area contributed by atoms with Crippen LogP contribution >= 0.6 is 11.3 Å². The average Bonchev–Trinajstić information content (AvgIpc) is 3.45. The van der Waals surface area contributed by atoms with Crippen LogP contribution in [-0.4, -0.2) is 44.2 Å². The lowest BCUT2D eigenvalue weighted by Crippen LogP contribution is -2.28. The third-order valence-corrected chi connectivity index (χ3v) is 9.51. The van der Waals surface area contributed by atoms with Crippen molar-refractivity contribution in [2.24, 2.45) is 5.92 Å². The maximum Gasteiger partial charge on any atom is 0.252 e. The number of benzene rings is 1. The summed E-state index contributed by atoms with van der Waals surface area (Å²) in [6.45, 7) is 7.21. The quantitative estimate of drug-likeness (QED) is 0.739. The normalized spacial score (nSPS) is 19.9. The molecule has 3 heterocycles. The fourth-order valence-corrected chi connectivity index (χ4v) is 7.09. The molecule has 1 atom stereocenters. The Morgan fingerprint density at radius 2 is 1.81 bits per heavy atom. The van der Waals surface area contributed by atoms with Crippen molar-refractivity contribution in [3.05, 3.63) is 40.3 Å². The zero-order chi connectivity index (χ0) is 22.3. The number of hydrogen-bond acceptors (Lipinski definition) is 5. The minimum Gasteiger partial charge on any atom is -0.325 e. The minimum absolute atomic E-state index is 0.0808. The molecule has 2 aromatic rings. The molecule has 1 aromatic carbocycles. The van der Waals surface area contributed by atoms with Gasteiger partial charge in [-0.2, -0.15) is 4.31 Å². The Bertz CT molecular complexity index is 1130. The van der Waals surface area contributed by atoms with Crippen LogP contribution in [0.1, 0.15) is 35.3 Å². The Labute approximate surface area is 187 Å². The third kappa shape index (κ3) is 4.26. The van der Waals surface area contributed by atoms with Crippen LogP contribution in [0.15, 0.2) is 28.5 Å². The number of nitrogens with zero attached hydrogens (tertiary/aromatic N) is 2. The summed E-state index contributed by atoms with van der Waals surface area (Å²) in [6.07, 6.45) is 1.89. The van der Waals surface area contributed by atoms with Crippen molar-refractivity contribution in [1.29, 1.82) is 0 Å². The molecule has 31 heavy (non-hydrogen) atoms. The predicted molar refractivity (Wildman–Crippen MR) is 122 cm³/mol. The Kier molecular flexibility index (Phi) is 5.93. The van der Waals surface area contributed by atoms with Gasteiger partial charge in [-0.05, 0) is 62.9 Å². The molecule has 1 aromatic heterocycles. The second-order valence-corrected chi connectivity index (χ2v) is 11.7. The van der Waals surface area contributed by atoms with E-state index in [-0.39, 0.29) is 22.4 Å². The van der Waals surface area contributed by atoms with Gasteiger partial charge in [0, 0.05) is 36.6 Å². The molecule has 0 unspecified atom stereocenters. The number of anilines is 2. The summed E-state index contributed by atoms with van der Waals surface area (Å²) in [4.78, 5) is 27.8. The lowest BCUT2D eigenvalue weighted by molar-refractivity contribution is -0.122. The number of sulfonamides is 1. The monoisotopic (exact) mass is 461 g/mol. The molecule has 0 radical (unpaired) electrons. The molecular weight excluding hydrogens is 434 g/mol. The van der Waals surface area contributed by atoms with E-state index in [1.165, 1.54) is 15.6 Å². The van der Waals surface area contributed by atoms with Crippen LogP contribution in [0.4, 0.5) is 11.4 Å². The first kappa shape index (κ1) is 22.0. The topological polar surface area (TPSA) is 86.8 Å². The maximum atomic E-state index is 12.9. The number of aryl methyl sites for hydroxylation is 3. The molecule has 9 heteroatoms. The molecule has 7 nitrogen and oxygen atoms in total. The summed E-state index contributed by atoms with van der Waals surface area (Å²) in [5, 5.41) is 2.86. The number of carbonyl (C=O) groups is 2. The number of amides is 2. The van der Waals surface area contributed by atoms with Gasteiger partial charge in [-0.1, -0.05) is 6.07 Å². The summed E-state index contributed by atoms with van der Waals surface area (Å²) in [7, 11) is -3.52. The molecule has 166 valence electrons. The van der Waals surface area contributed by atoms with Gasteiger partial charge in [0.1, 0.15) is 4.21 Å². The number of carbonyl (C=O) groups excluding carboxylic acids is 2. The van der Waals surface area contributed by atoms with E-state index in [9.17, 15) is 18.0 Å². The number of nitrogens with one attached hydrogen (secondary N) is 1. The second kappa shape index (κ2) is 8.37. The Balaban J connectivity index is 1.47. The smallest absolute Gasteiger partial charge is 0.252 e. The van der Waals surface area contributed by atoms with Crippen LogP contribution in [0.2, 0.25) is 0 Å². The fraction of sp³-hybridized carbons (Fsp3) is 0.455. The number of hydrogen-bond donors (Lipinski definition) is 1. The highest BCUT2D eigenvalue weighted by Gasteiger charge is 2.36. The van der Waals surface area contributed by atoms with Crippen molar-refractivity contribution < 1.29 is 18.0 Å². The largest absolute Gasteiger partial charge is 0.325 e. The van der Waals surface area contributed by atoms with E-state index in [0.717, 1.165) is 34.5 Å². The molecule has 2 aliphatic heterocycles. The van der Waals surface area contributed by atoms with Gasteiger partial charge in [0.2, 0.25) is 11.8 Å². The van der Waals surface area contributed by atoms with E-state index in [1.54, 1.807) is 17.9 Å². The van der Waals surface area contributed by atoms with Gasteiger partial charge in [-0.15, -0.1) is 11.3 Å². The molecule has 0 aliphatic carbocycles. The van der Waals surface area contributed by atoms with Crippen LogP contribution in [0.5, 0.6) is 0 Å². The highest BCUT2D eigenvalue weighted by Crippen LogP contribution is 2.34. The van der Waals surface area contributed by atoms with E-state index < -0.39 is 15.9 Å². The van der Waals surface area contributed by atoms with Gasteiger partial charge in [-0.3, -0.25) is 9.59 Å². The molecule has 2 fully saturated rings. The summed E-state index contributed by atoms with van der Waals surface area (Å²) in [6, 6.07) is 7.39. The fourth-order valence-electron chi connectivity index (χ4n) is 4.02. The molecular formula is C22H27N3O4S2. The van der Waals surface area contributed by atoms with Gasteiger partial charge < -0.3 is 10.2 Å². The molecule has 2 aliphatic rings. The molecule has 0 saturated carbocycles. The maximum absolute atomic E-state index is 12.9. The summed E-state index contributed by atoms with van der Waals surface area (Å²) < 4.78 is 27.4. The molecule has 0 bridgehead atoms. The lowest BCUT2D eigenvalue weighted by atomic mass is 10.1. The Morgan fingerprint density at radius 1 is 1.10 bits per heavy atom. The second-order valence-electron chi connectivity index (χ2n) is 8.31. The van der Waals surface area contributed by atoms with Gasteiger partial charge in [0.15, 0.2) is 0 Å². The van der Waals surface area contributed by atoms with Gasteiger partial charge in [0.05, 0.1) is 11.6 Å². The lowest BCUT2D eigenvalue weighted by Gasteiger charge is -2.18. The summed E-state index contributed by atoms with van der Waals surface area (Å²) in [5.74, 6) is -0.819. The van der Waals surface area contributed by atoms with Crippen molar-refractivity contribution in [3.8, 4) is 0 Å². The van der Waals surface area contributed by atoms with Gasteiger partial charge in [0.25, 0.3) is 10.0 Å². The van der Waals surface area contributed by atoms with Crippen molar-refractivity contribution in [1.82, 2.24) is 4.31 Å². The van der Waals surface area contributed by atoms with Gasteiger partial charge >= 0.3 is 0 Å². The van der Waals surface area contributed by atoms with E-state index >= 15 is 0 Å². The molecule has 2 saturated heterocycles. The summed E-state index contributed by atoms with van der Waals surface area (Å²) in [5.41, 5.74) is 3.55. The first-order chi connectivity index (χ1) is 14.7. The van der Waals surface area contributed by atoms with Crippen molar-refractivity contribution >= 4 is 44.5 Å². The first-order valence-electron chi connectivity index (χ1n) is 10.5. The zero-order valence-corrected chi connectivity index (χ0v) is 19.6. The highest BCUT2D eigenvalue weighted by atomic mass is 32.2. The number of thiophene rings is 1. The average molecular weight is 462 g/mol. The van der Waals surface area contributed by atoms with Crippen LogP contribution in [0, 0.1) is 26.7 Å². The van der Waals surface area contributed by atoms with Crippen molar-refractivity contribution in [2.75, 3.05) is 29.9 Å². The van der Waals surface area contributed by atoms with Crippen LogP contribution in [0.3, 0.4) is 0 Å². The van der Waals surface area contributed by atoms with Crippen molar-refractivity contribution in [3.63, 3.8) is 0 Å². The Morgan fingerprint density at radius 3 is 2.48 bits per heavy atom. The van der Waals surface area contributed by atoms with E-state index in [2.05, 4.69) is 5.32 Å². The first-order valence-corrected chi connectivity index (χ1v) is 12.7. The highest BCUT2D eigenvalue weighted by molar-refractivity contribution is 7.91. The zero-order valence-electron chi connectivity index (χ0n) is 18.0. The molecule has 4 rings (SSSR count). The molecule has 1 N–H and O–H groups in total. The molecule has 2 amide bonds. The van der Waals surface area contributed by atoms with Crippen molar-refractivity contribution in [2.45, 2.75) is 44.2 Å².